The summed E-state index contributed by atoms with van der Waals surface area (Å²) < 4.78 is 0. The number of halogens is 1. The van der Waals surface area contributed by atoms with Crippen molar-refractivity contribution < 1.29 is 30.0 Å². The highest BCUT2D eigenvalue weighted by Gasteiger charge is 2.35. The van der Waals surface area contributed by atoms with Crippen molar-refractivity contribution in [2.45, 2.75) is 31.3 Å². The zero-order valence-corrected chi connectivity index (χ0v) is 13.6. The number of aliphatic hydroxyl groups is 4. The average molecular weight is 359 g/mol. The van der Waals surface area contributed by atoms with Gasteiger partial charge in [-0.3, -0.25) is 9.59 Å². The third kappa shape index (κ3) is 3.68. The largest absolute Gasteiger partial charge is 0.394 e. The second-order valence-electron chi connectivity index (χ2n) is 5.61. The molecule has 0 aliphatic carbocycles. The lowest BCUT2D eigenvalue weighted by molar-refractivity contribution is -0.121. The number of hydrogen-bond donors (Lipinski definition) is 5. The highest BCUT2D eigenvalue weighted by molar-refractivity contribution is 6.31. The normalized spacial score (nSPS) is 21.6. The molecule has 1 aromatic rings. The molecule has 0 saturated carbocycles. The molecule has 4 atom stereocenters. The van der Waals surface area contributed by atoms with Gasteiger partial charge in [0.2, 0.25) is 5.91 Å². The zero-order chi connectivity index (χ0) is 18.0. The molecule has 0 spiro atoms. The van der Waals surface area contributed by atoms with E-state index >= 15 is 0 Å². The number of amides is 2. The Balaban J connectivity index is 2.37. The molecule has 5 N–H and O–H groups in total. The van der Waals surface area contributed by atoms with Crippen molar-refractivity contribution in [1.82, 2.24) is 5.32 Å². The van der Waals surface area contributed by atoms with E-state index in [1.807, 2.05) is 0 Å². The third-order valence-electron chi connectivity index (χ3n) is 3.82. The first-order chi connectivity index (χ1) is 11.3. The number of nitrogens with one attached hydrogen (secondary N) is 1. The van der Waals surface area contributed by atoms with Gasteiger partial charge < -0.3 is 30.6 Å². The molecule has 132 valence electrons. The van der Waals surface area contributed by atoms with Crippen LogP contribution in [0.25, 0.3) is 0 Å². The lowest BCUT2D eigenvalue weighted by atomic mass is 10.1. The Morgan fingerprint density at radius 3 is 2.54 bits per heavy atom. The molecule has 24 heavy (non-hydrogen) atoms. The summed E-state index contributed by atoms with van der Waals surface area (Å²) in [7, 11) is 0. The molecule has 1 aliphatic rings. The summed E-state index contributed by atoms with van der Waals surface area (Å²) in [6, 6.07) is 3.51. The van der Waals surface area contributed by atoms with E-state index in [4.69, 9.17) is 16.7 Å². The molecule has 9 heteroatoms. The minimum absolute atomic E-state index is 0.157. The van der Waals surface area contributed by atoms with Gasteiger partial charge in [0.1, 0.15) is 24.4 Å². The molecule has 1 unspecified atom stereocenters. The number of rotatable bonds is 5. The number of β-amino-alcohol motifs (C(OH)–C–C–N with tert-alkyl or cyclic N) is 1. The maximum atomic E-state index is 12.5. The van der Waals surface area contributed by atoms with E-state index in [0.29, 0.717) is 5.02 Å². The van der Waals surface area contributed by atoms with Gasteiger partial charge in [0.05, 0.1) is 24.4 Å². The van der Waals surface area contributed by atoms with E-state index in [0.717, 1.165) is 4.90 Å². The smallest absolute Gasteiger partial charge is 0.254 e. The lowest BCUT2D eigenvalue weighted by Crippen LogP contribution is -2.50. The monoisotopic (exact) mass is 358 g/mol. The third-order valence-corrected chi connectivity index (χ3v) is 4.06. The van der Waals surface area contributed by atoms with Gasteiger partial charge in [0, 0.05) is 5.02 Å². The summed E-state index contributed by atoms with van der Waals surface area (Å²) in [5, 5.41) is 41.0. The van der Waals surface area contributed by atoms with Crippen LogP contribution in [0.5, 0.6) is 0 Å². The van der Waals surface area contributed by atoms with Crippen LogP contribution in [-0.2, 0) is 4.79 Å². The predicted octanol–water partition coefficient (Wildman–Crippen LogP) is -1.12. The first-order valence-corrected chi connectivity index (χ1v) is 7.71. The molecule has 0 aromatic heterocycles. The van der Waals surface area contributed by atoms with Gasteiger partial charge >= 0.3 is 0 Å². The van der Waals surface area contributed by atoms with Crippen molar-refractivity contribution in [2.75, 3.05) is 18.1 Å². The van der Waals surface area contributed by atoms with Gasteiger partial charge in [0.15, 0.2) is 0 Å². The summed E-state index contributed by atoms with van der Waals surface area (Å²) in [5.74, 6) is -0.976. The van der Waals surface area contributed by atoms with Gasteiger partial charge in [-0.15, -0.1) is 0 Å². The molecule has 0 saturated heterocycles. The minimum Gasteiger partial charge on any atom is -0.394 e. The van der Waals surface area contributed by atoms with Gasteiger partial charge in [-0.05, 0) is 25.1 Å². The second kappa shape index (κ2) is 7.45. The maximum absolute atomic E-state index is 12.5. The van der Waals surface area contributed by atoms with Crippen molar-refractivity contribution in [2.24, 2.45) is 0 Å². The minimum atomic E-state index is -1.65. The van der Waals surface area contributed by atoms with E-state index in [2.05, 4.69) is 5.32 Å². The summed E-state index contributed by atoms with van der Waals surface area (Å²) >= 11 is 5.90. The van der Waals surface area contributed by atoms with Crippen LogP contribution < -0.4 is 10.2 Å². The Morgan fingerprint density at radius 1 is 1.25 bits per heavy atom. The van der Waals surface area contributed by atoms with Crippen molar-refractivity contribution in [1.29, 1.82) is 0 Å². The Morgan fingerprint density at radius 2 is 1.92 bits per heavy atom. The zero-order valence-electron chi connectivity index (χ0n) is 12.9. The van der Waals surface area contributed by atoms with E-state index in [1.54, 1.807) is 0 Å². The Labute approximate surface area is 143 Å². The van der Waals surface area contributed by atoms with Crippen LogP contribution in [0.15, 0.2) is 18.2 Å². The van der Waals surface area contributed by atoms with Crippen LogP contribution in [-0.4, -0.2) is 69.7 Å². The molecule has 0 bridgehead atoms. The van der Waals surface area contributed by atoms with Crippen LogP contribution in [0.3, 0.4) is 0 Å². The first kappa shape index (κ1) is 18.6. The van der Waals surface area contributed by atoms with E-state index < -0.39 is 42.8 Å². The molecule has 1 aliphatic heterocycles. The Kier molecular flexibility index (Phi) is 5.79. The fourth-order valence-electron chi connectivity index (χ4n) is 2.46. The molecular formula is C15H19ClN2O6. The topological polar surface area (TPSA) is 130 Å². The van der Waals surface area contributed by atoms with E-state index in [1.165, 1.54) is 25.1 Å². The van der Waals surface area contributed by atoms with Gasteiger partial charge in [-0.25, -0.2) is 0 Å². The van der Waals surface area contributed by atoms with Gasteiger partial charge in [-0.2, -0.15) is 0 Å². The highest BCUT2D eigenvalue weighted by atomic mass is 35.5. The number of carbonyl (C=O) groups excluding carboxylic acids is 2. The summed E-state index contributed by atoms with van der Waals surface area (Å²) in [4.78, 5) is 25.9. The molecular weight excluding hydrogens is 340 g/mol. The SMILES string of the molecule is CC1NC(=O)c2cc(Cl)ccc2N(C[C@H](O)[C@@H](O)[C@H](O)CO)C1=O. The van der Waals surface area contributed by atoms with Crippen molar-refractivity contribution in [3.8, 4) is 0 Å². The summed E-state index contributed by atoms with van der Waals surface area (Å²) in [6.07, 6.45) is -4.73. The number of anilines is 1. The molecule has 0 fully saturated rings. The van der Waals surface area contributed by atoms with E-state index in [-0.39, 0.29) is 17.8 Å². The van der Waals surface area contributed by atoms with Crippen LogP contribution in [0.4, 0.5) is 5.69 Å². The molecule has 2 amide bonds. The van der Waals surface area contributed by atoms with Crippen molar-refractivity contribution in [3.63, 3.8) is 0 Å². The molecule has 1 heterocycles. The molecule has 1 aromatic carbocycles. The standard InChI is InChI=1S/C15H19ClN2O6/c1-7-15(24)18(5-11(20)13(22)12(21)6-19)10-3-2-8(16)4-9(10)14(23)17-7/h2-4,7,11-13,19-22H,5-6H2,1H3,(H,17,23)/t7?,11-,12+,13+/m0/s1. The predicted molar refractivity (Wildman–Crippen MR) is 85.8 cm³/mol. The van der Waals surface area contributed by atoms with Crippen LogP contribution >= 0.6 is 11.6 Å². The number of benzene rings is 1. The fraction of sp³-hybridized carbons (Fsp3) is 0.467. The molecule has 0 radical (unpaired) electrons. The maximum Gasteiger partial charge on any atom is 0.254 e. The number of fused-ring (bicyclic) bond motifs is 1. The van der Waals surface area contributed by atoms with Gasteiger partial charge in [0.25, 0.3) is 5.91 Å². The fourth-order valence-corrected chi connectivity index (χ4v) is 2.63. The highest BCUT2D eigenvalue weighted by Crippen LogP contribution is 2.28. The van der Waals surface area contributed by atoms with Crippen molar-refractivity contribution in [3.05, 3.63) is 28.8 Å². The Bertz CT molecular complexity index is 640. The second-order valence-corrected chi connectivity index (χ2v) is 6.05. The van der Waals surface area contributed by atoms with Crippen LogP contribution in [0.2, 0.25) is 5.02 Å². The number of carbonyl (C=O) groups is 2. The molecule has 8 nitrogen and oxygen atoms in total. The van der Waals surface area contributed by atoms with Gasteiger partial charge in [-0.1, -0.05) is 11.6 Å². The number of aliphatic hydroxyl groups excluding tert-OH is 4. The Hall–Kier alpha value is -1.71. The first-order valence-electron chi connectivity index (χ1n) is 7.33. The van der Waals surface area contributed by atoms with Crippen molar-refractivity contribution >= 4 is 29.1 Å². The quantitative estimate of drug-likeness (QED) is 0.453. The lowest BCUT2D eigenvalue weighted by Gasteiger charge is -2.29. The van der Waals surface area contributed by atoms with Crippen LogP contribution in [0, 0.1) is 0 Å². The molecule has 2 rings (SSSR count). The number of nitrogens with zero attached hydrogens (tertiary/aromatic N) is 1. The summed E-state index contributed by atoms with van der Waals surface area (Å²) in [6.45, 7) is 0.381. The van der Waals surface area contributed by atoms with E-state index in [9.17, 15) is 24.9 Å². The average Bonchev–Trinajstić information content (AvgIpc) is 2.64. The number of hydrogen-bond acceptors (Lipinski definition) is 6. The summed E-state index contributed by atoms with van der Waals surface area (Å²) in [5.41, 5.74) is 0.389. The van der Waals surface area contributed by atoms with Crippen LogP contribution in [0.1, 0.15) is 17.3 Å².